The molecule has 1 atom stereocenters. The molecule has 2 heteroatoms. The van der Waals surface area contributed by atoms with E-state index in [1.54, 1.807) is 9.78 Å². The number of unbranched alkanes of at least 4 members (excludes halogenated alkanes) is 11. The van der Waals surface area contributed by atoms with Crippen molar-refractivity contribution in [3.63, 3.8) is 0 Å². The normalized spacial score (nSPS) is 18.2. The van der Waals surface area contributed by atoms with Crippen LogP contribution in [0.25, 0.3) is 0 Å². The Morgan fingerprint density at radius 1 is 0.833 bits per heavy atom. The highest BCUT2D eigenvalue weighted by molar-refractivity contribution is 8.23. The summed E-state index contributed by atoms with van der Waals surface area (Å²) in [5.41, 5.74) is 1.58. The van der Waals surface area contributed by atoms with Crippen LogP contribution in [0.5, 0.6) is 0 Å². The van der Waals surface area contributed by atoms with E-state index in [9.17, 15) is 0 Å². The lowest BCUT2D eigenvalue weighted by atomic mass is 10.0. The smallest absolute Gasteiger partial charge is 0.0473 e. The van der Waals surface area contributed by atoms with E-state index in [4.69, 9.17) is 0 Å². The second-order valence-electron chi connectivity index (χ2n) is 7.02. The highest BCUT2D eigenvalue weighted by Gasteiger charge is 2.08. The summed E-state index contributed by atoms with van der Waals surface area (Å²) in [5, 5.41) is 7.15. The van der Waals surface area contributed by atoms with Crippen LogP contribution in [0.4, 0.5) is 0 Å². The van der Waals surface area contributed by atoms with Gasteiger partial charge in [0.2, 0.25) is 0 Å². The van der Waals surface area contributed by atoms with E-state index in [2.05, 4.69) is 41.3 Å². The summed E-state index contributed by atoms with van der Waals surface area (Å²) in [6.45, 7) is 2.29. The molecule has 0 bridgehead atoms. The molecule has 0 nitrogen and oxygen atoms in total. The maximum absolute atomic E-state index is 2.53. The molecule has 2 heterocycles. The van der Waals surface area contributed by atoms with Crippen LogP contribution in [-0.2, 0) is 0 Å². The van der Waals surface area contributed by atoms with Gasteiger partial charge >= 0.3 is 0 Å². The maximum atomic E-state index is 2.53. The van der Waals surface area contributed by atoms with Crippen LogP contribution in [0, 0.1) is 0 Å². The van der Waals surface area contributed by atoms with E-state index in [1.807, 2.05) is 11.3 Å². The zero-order valence-corrected chi connectivity index (χ0v) is 17.2. The van der Waals surface area contributed by atoms with Gasteiger partial charge in [0.15, 0.2) is 0 Å². The first kappa shape index (κ1) is 19.8. The monoisotopic (exact) mass is 364 g/mol. The summed E-state index contributed by atoms with van der Waals surface area (Å²) in [6, 6.07) is 4.46. The minimum atomic E-state index is -0.107. The first-order chi connectivity index (χ1) is 11.9. The summed E-state index contributed by atoms with van der Waals surface area (Å²) in [5.74, 6) is 0. The number of thiol groups is 1. The Bertz CT molecular complexity index is 470. The molecule has 0 N–H and O–H groups in total. The highest BCUT2D eigenvalue weighted by Crippen LogP contribution is 2.47. The van der Waals surface area contributed by atoms with Crippen molar-refractivity contribution in [3.8, 4) is 0 Å². The fourth-order valence-electron chi connectivity index (χ4n) is 3.31. The van der Waals surface area contributed by atoms with Crippen molar-refractivity contribution in [1.29, 1.82) is 0 Å². The van der Waals surface area contributed by atoms with Gasteiger partial charge in [0.1, 0.15) is 0 Å². The van der Waals surface area contributed by atoms with Crippen molar-refractivity contribution in [2.24, 2.45) is 0 Å². The van der Waals surface area contributed by atoms with Crippen molar-refractivity contribution < 1.29 is 0 Å². The number of thiophene rings is 1. The van der Waals surface area contributed by atoms with Crippen molar-refractivity contribution in [2.75, 3.05) is 0 Å². The second-order valence-corrected chi connectivity index (χ2v) is 10.1. The molecule has 1 aromatic rings. The van der Waals surface area contributed by atoms with Crippen molar-refractivity contribution in [2.45, 2.75) is 94.6 Å². The summed E-state index contributed by atoms with van der Waals surface area (Å²) in [6.07, 6.45) is 20.9. The van der Waals surface area contributed by atoms with Gasteiger partial charge in [0.05, 0.1) is 0 Å². The quantitative estimate of drug-likeness (QED) is 0.248. The van der Waals surface area contributed by atoms with E-state index < -0.39 is 0 Å². The first-order valence-corrected chi connectivity index (χ1v) is 12.5. The van der Waals surface area contributed by atoms with Crippen LogP contribution in [0.15, 0.2) is 44.2 Å². The molecule has 136 valence electrons. The molecule has 0 aliphatic carbocycles. The Kier molecular flexibility index (Phi) is 10.6. The standard InChI is InChI=1S/C22H36S2/c1-2-3-4-5-6-7-8-9-10-11-12-13-15-21-17-19-24(20-21)22-16-14-18-23-22/h14,16-20,24H,2-13,15H2,1H3. The molecule has 0 fully saturated rings. The largest absolute Gasteiger partial charge is 0.177 e. The molecule has 0 spiro atoms. The number of allylic oxidation sites excluding steroid dienone is 2. The number of rotatable bonds is 14. The second kappa shape index (κ2) is 12.8. The lowest BCUT2D eigenvalue weighted by Gasteiger charge is -2.06. The molecule has 0 saturated carbocycles. The SMILES string of the molecule is CCCCCCCCCCCCCCC1=C[SH](c2cccs2)C=C1. The van der Waals surface area contributed by atoms with Gasteiger partial charge in [-0.15, -0.1) is 11.3 Å². The summed E-state index contributed by atoms with van der Waals surface area (Å²) in [4.78, 5) is 0. The van der Waals surface area contributed by atoms with Crippen molar-refractivity contribution in [3.05, 3.63) is 40.0 Å². The van der Waals surface area contributed by atoms with Gasteiger partial charge in [-0.05, 0) is 40.7 Å². The van der Waals surface area contributed by atoms with E-state index in [1.165, 1.54) is 83.5 Å². The predicted molar refractivity (Wildman–Crippen MR) is 114 cm³/mol. The molecule has 1 aliphatic heterocycles. The van der Waals surface area contributed by atoms with Gasteiger partial charge < -0.3 is 0 Å². The molecule has 0 amide bonds. The fourth-order valence-corrected chi connectivity index (χ4v) is 6.32. The van der Waals surface area contributed by atoms with Crippen LogP contribution < -0.4 is 0 Å². The van der Waals surface area contributed by atoms with Crippen LogP contribution >= 0.6 is 22.2 Å². The summed E-state index contributed by atoms with van der Waals surface area (Å²) >= 11 is 1.90. The topological polar surface area (TPSA) is 0 Å². The molecule has 24 heavy (non-hydrogen) atoms. The minimum Gasteiger partial charge on any atom is -0.177 e. The third-order valence-corrected chi connectivity index (χ3v) is 8.19. The minimum absolute atomic E-state index is 0.107. The van der Waals surface area contributed by atoms with Crippen molar-refractivity contribution in [1.82, 2.24) is 0 Å². The Morgan fingerprint density at radius 3 is 2.04 bits per heavy atom. The molecule has 1 aromatic heterocycles. The van der Waals surface area contributed by atoms with E-state index in [0.29, 0.717) is 0 Å². The summed E-state index contributed by atoms with van der Waals surface area (Å²) < 4.78 is 1.55. The van der Waals surface area contributed by atoms with E-state index in [-0.39, 0.29) is 10.9 Å². The van der Waals surface area contributed by atoms with Crippen LogP contribution in [0.1, 0.15) is 90.4 Å². The van der Waals surface area contributed by atoms with E-state index >= 15 is 0 Å². The lowest BCUT2D eigenvalue weighted by molar-refractivity contribution is 0.544. The van der Waals surface area contributed by atoms with Gasteiger partial charge in [-0.1, -0.05) is 89.7 Å². The Balaban J connectivity index is 1.40. The molecular formula is C22H36S2. The number of hydrogen-bond donors (Lipinski definition) is 1. The van der Waals surface area contributed by atoms with Gasteiger partial charge in [0, 0.05) is 4.21 Å². The summed E-state index contributed by atoms with van der Waals surface area (Å²) in [7, 11) is -0.107. The zero-order chi connectivity index (χ0) is 16.9. The Labute approximate surface area is 156 Å². The Morgan fingerprint density at radius 2 is 1.46 bits per heavy atom. The lowest BCUT2D eigenvalue weighted by Crippen LogP contribution is -1.83. The van der Waals surface area contributed by atoms with Gasteiger partial charge in [-0.25, -0.2) is 0 Å². The molecule has 0 radical (unpaired) electrons. The molecule has 1 unspecified atom stereocenters. The molecule has 0 aromatic carbocycles. The maximum Gasteiger partial charge on any atom is 0.0473 e. The van der Waals surface area contributed by atoms with Gasteiger partial charge in [-0.3, -0.25) is 0 Å². The third-order valence-electron chi connectivity index (χ3n) is 4.83. The van der Waals surface area contributed by atoms with Gasteiger partial charge in [-0.2, -0.15) is 10.9 Å². The predicted octanol–water partition coefficient (Wildman–Crippen LogP) is 8.61. The third kappa shape index (κ3) is 8.07. The molecule has 0 saturated heterocycles. The highest BCUT2D eigenvalue weighted by atomic mass is 32.2. The van der Waals surface area contributed by atoms with Crippen LogP contribution in [0.2, 0.25) is 0 Å². The van der Waals surface area contributed by atoms with Gasteiger partial charge in [0.25, 0.3) is 0 Å². The zero-order valence-electron chi connectivity index (χ0n) is 15.5. The Hall–Kier alpha value is -0.470. The average Bonchev–Trinajstić information content (AvgIpc) is 3.27. The fraction of sp³-hybridized carbons (Fsp3) is 0.636. The number of hydrogen-bond acceptors (Lipinski definition) is 1. The van der Waals surface area contributed by atoms with Crippen molar-refractivity contribution >= 4 is 22.2 Å². The first-order valence-electron chi connectivity index (χ1n) is 10.1. The molecular weight excluding hydrogens is 328 g/mol. The molecule has 2 rings (SSSR count). The van der Waals surface area contributed by atoms with Crippen LogP contribution in [0.3, 0.4) is 0 Å². The average molecular weight is 365 g/mol. The van der Waals surface area contributed by atoms with E-state index in [0.717, 1.165) is 0 Å². The molecule has 1 aliphatic rings. The van der Waals surface area contributed by atoms with Crippen LogP contribution in [-0.4, -0.2) is 0 Å².